The molecule has 0 amide bonds. The van der Waals surface area contributed by atoms with Gasteiger partial charge in [-0.15, -0.1) is 0 Å². The molecule has 2 atom stereocenters. The number of carbonyl (C=O) groups is 1. The van der Waals surface area contributed by atoms with Crippen molar-refractivity contribution in [2.45, 2.75) is 18.3 Å². The summed E-state index contributed by atoms with van der Waals surface area (Å²) in [7, 11) is 0. The number of hydrogen-bond donors (Lipinski definition) is 1. The van der Waals surface area contributed by atoms with Crippen LogP contribution in [-0.4, -0.2) is 11.1 Å². The Hall–Kier alpha value is -3.11. The van der Waals surface area contributed by atoms with Crippen LogP contribution in [0.5, 0.6) is 0 Å². The molecular formula is C18H14N2O2. The summed E-state index contributed by atoms with van der Waals surface area (Å²) in [5, 5.41) is 27.7. The highest BCUT2D eigenvalue weighted by Crippen LogP contribution is 2.35. The predicted molar refractivity (Wildman–Crippen MR) is 80.9 cm³/mol. The lowest BCUT2D eigenvalue weighted by Gasteiger charge is -2.21. The molecule has 0 aliphatic rings. The quantitative estimate of drug-likeness (QED) is 0.914. The van der Waals surface area contributed by atoms with Gasteiger partial charge in [-0.25, -0.2) is 0 Å². The Kier molecular flexibility index (Phi) is 4.90. The Bertz CT molecular complexity index is 742. The maximum atomic E-state index is 11.2. The van der Waals surface area contributed by atoms with Gasteiger partial charge in [0.2, 0.25) is 0 Å². The molecule has 2 unspecified atom stereocenters. The molecule has 2 aromatic carbocycles. The number of benzene rings is 2. The zero-order chi connectivity index (χ0) is 15.9. The molecule has 2 aromatic rings. The molecule has 1 N–H and O–H groups in total. The second-order valence-electron chi connectivity index (χ2n) is 4.96. The molecule has 108 valence electrons. The minimum atomic E-state index is -0.969. The third-order valence-corrected chi connectivity index (χ3v) is 3.54. The molecule has 4 heteroatoms. The van der Waals surface area contributed by atoms with Crippen molar-refractivity contribution in [3.63, 3.8) is 0 Å². The minimum Gasteiger partial charge on any atom is -0.481 e. The normalized spacial score (nSPS) is 12.6. The molecule has 22 heavy (non-hydrogen) atoms. The smallest absolute Gasteiger partial charge is 0.304 e. The van der Waals surface area contributed by atoms with Crippen LogP contribution in [-0.2, 0) is 4.79 Å². The number of rotatable bonds is 5. The summed E-state index contributed by atoms with van der Waals surface area (Å²) in [6.07, 6.45) is -0.165. The molecule has 0 saturated heterocycles. The van der Waals surface area contributed by atoms with E-state index in [4.69, 9.17) is 5.26 Å². The van der Waals surface area contributed by atoms with Crippen molar-refractivity contribution in [3.8, 4) is 12.1 Å². The fraction of sp³-hybridized carbons (Fsp3) is 0.167. The van der Waals surface area contributed by atoms with Gasteiger partial charge in [0.25, 0.3) is 0 Å². The van der Waals surface area contributed by atoms with Gasteiger partial charge in [-0.2, -0.15) is 10.5 Å². The van der Waals surface area contributed by atoms with E-state index in [0.717, 1.165) is 5.56 Å². The number of aliphatic carboxylic acids is 1. The fourth-order valence-electron chi connectivity index (χ4n) is 2.51. The average Bonchev–Trinajstić information content (AvgIpc) is 2.55. The molecule has 0 aliphatic heterocycles. The number of hydrogen-bond acceptors (Lipinski definition) is 3. The fourth-order valence-corrected chi connectivity index (χ4v) is 2.51. The van der Waals surface area contributed by atoms with Crippen molar-refractivity contribution in [2.24, 2.45) is 0 Å². The predicted octanol–water partition coefficient (Wildman–Crippen LogP) is 3.42. The summed E-state index contributed by atoms with van der Waals surface area (Å²) in [6.45, 7) is 0. The summed E-state index contributed by atoms with van der Waals surface area (Å²) >= 11 is 0. The van der Waals surface area contributed by atoms with E-state index in [0.29, 0.717) is 11.1 Å². The number of nitrogens with zero attached hydrogens (tertiary/aromatic N) is 2. The molecule has 0 bridgehead atoms. The summed E-state index contributed by atoms with van der Waals surface area (Å²) in [5.74, 6) is -2.05. The van der Waals surface area contributed by atoms with E-state index in [1.807, 2.05) is 36.4 Å². The van der Waals surface area contributed by atoms with Crippen molar-refractivity contribution >= 4 is 5.97 Å². The van der Waals surface area contributed by atoms with Crippen molar-refractivity contribution in [2.75, 3.05) is 0 Å². The average molecular weight is 290 g/mol. The maximum absolute atomic E-state index is 11.2. The first-order valence-corrected chi connectivity index (χ1v) is 6.82. The molecule has 0 spiro atoms. The Morgan fingerprint density at radius 2 is 1.73 bits per heavy atom. The zero-order valence-electron chi connectivity index (χ0n) is 11.8. The van der Waals surface area contributed by atoms with E-state index >= 15 is 0 Å². The SMILES string of the molecule is N#Cc1cccc(C(CC(=O)O)C(C#N)c2ccccc2)c1. The molecule has 0 aliphatic carbocycles. The van der Waals surface area contributed by atoms with Gasteiger partial charge in [0.1, 0.15) is 0 Å². The van der Waals surface area contributed by atoms with Crippen LogP contribution < -0.4 is 0 Å². The van der Waals surface area contributed by atoms with E-state index in [2.05, 4.69) is 6.07 Å². The lowest BCUT2D eigenvalue weighted by Crippen LogP contribution is -2.14. The van der Waals surface area contributed by atoms with E-state index in [1.165, 1.54) is 0 Å². The number of carboxylic acids is 1. The van der Waals surface area contributed by atoms with Gasteiger partial charge >= 0.3 is 5.97 Å². The van der Waals surface area contributed by atoms with Crippen LogP contribution >= 0.6 is 0 Å². The van der Waals surface area contributed by atoms with Crippen molar-refractivity contribution in [3.05, 3.63) is 71.3 Å². The third-order valence-electron chi connectivity index (χ3n) is 3.54. The largest absolute Gasteiger partial charge is 0.481 e. The molecule has 0 radical (unpaired) electrons. The lowest BCUT2D eigenvalue weighted by atomic mass is 9.80. The molecular weight excluding hydrogens is 276 g/mol. The first kappa shape index (κ1) is 15.3. The molecule has 0 aromatic heterocycles. The highest BCUT2D eigenvalue weighted by atomic mass is 16.4. The van der Waals surface area contributed by atoms with Crippen LogP contribution in [0.3, 0.4) is 0 Å². The summed E-state index contributed by atoms with van der Waals surface area (Å²) in [6, 6.07) is 20.2. The maximum Gasteiger partial charge on any atom is 0.304 e. The molecule has 0 heterocycles. The Labute approximate surface area is 128 Å². The van der Waals surface area contributed by atoms with Crippen molar-refractivity contribution < 1.29 is 9.90 Å². The van der Waals surface area contributed by atoms with Gasteiger partial charge in [0.05, 0.1) is 30.0 Å². The van der Waals surface area contributed by atoms with Gasteiger partial charge in [-0.05, 0) is 23.3 Å². The van der Waals surface area contributed by atoms with Crippen LogP contribution in [0.15, 0.2) is 54.6 Å². The molecule has 0 fully saturated rings. The highest BCUT2D eigenvalue weighted by Gasteiger charge is 2.27. The summed E-state index contributed by atoms with van der Waals surface area (Å²) < 4.78 is 0. The molecule has 0 saturated carbocycles. The number of nitriles is 2. The van der Waals surface area contributed by atoms with Gasteiger partial charge in [0.15, 0.2) is 0 Å². The third kappa shape index (κ3) is 3.50. The minimum absolute atomic E-state index is 0.165. The van der Waals surface area contributed by atoms with Crippen molar-refractivity contribution in [1.82, 2.24) is 0 Å². The first-order chi connectivity index (χ1) is 10.7. The van der Waals surface area contributed by atoms with Gasteiger partial charge in [0, 0.05) is 5.92 Å². The van der Waals surface area contributed by atoms with Gasteiger partial charge < -0.3 is 5.11 Å². The van der Waals surface area contributed by atoms with Crippen molar-refractivity contribution in [1.29, 1.82) is 10.5 Å². The van der Waals surface area contributed by atoms with Gasteiger partial charge in [-0.3, -0.25) is 4.79 Å². The second-order valence-corrected chi connectivity index (χ2v) is 4.96. The van der Waals surface area contributed by atoms with Crippen LogP contribution in [0.4, 0.5) is 0 Å². The van der Waals surface area contributed by atoms with Crippen LogP contribution in [0.2, 0.25) is 0 Å². The topological polar surface area (TPSA) is 84.9 Å². The molecule has 2 rings (SSSR count). The standard InChI is InChI=1S/C18H14N2O2/c19-11-13-5-4-8-15(9-13)16(10-18(21)22)17(12-20)14-6-2-1-3-7-14/h1-9,16-17H,10H2,(H,21,22). The van der Waals surface area contributed by atoms with Crippen LogP contribution in [0.25, 0.3) is 0 Å². The van der Waals surface area contributed by atoms with E-state index in [1.54, 1.807) is 24.3 Å². The summed E-state index contributed by atoms with van der Waals surface area (Å²) in [4.78, 5) is 11.2. The van der Waals surface area contributed by atoms with Gasteiger partial charge in [-0.1, -0.05) is 42.5 Å². The van der Waals surface area contributed by atoms with E-state index < -0.39 is 17.8 Å². The molecule has 4 nitrogen and oxygen atoms in total. The van der Waals surface area contributed by atoms with Crippen LogP contribution in [0, 0.1) is 22.7 Å². The van der Waals surface area contributed by atoms with E-state index in [-0.39, 0.29) is 6.42 Å². The Balaban J connectivity index is 2.47. The Morgan fingerprint density at radius 3 is 2.32 bits per heavy atom. The number of carboxylic acid groups (broad SMARTS) is 1. The second kappa shape index (κ2) is 7.06. The lowest BCUT2D eigenvalue weighted by molar-refractivity contribution is -0.137. The monoisotopic (exact) mass is 290 g/mol. The van der Waals surface area contributed by atoms with Crippen LogP contribution in [0.1, 0.15) is 34.9 Å². The van der Waals surface area contributed by atoms with E-state index in [9.17, 15) is 15.2 Å². The zero-order valence-corrected chi connectivity index (χ0v) is 11.8. The highest BCUT2D eigenvalue weighted by molar-refractivity contribution is 5.68. The first-order valence-electron chi connectivity index (χ1n) is 6.82. The summed E-state index contributed by atoms with van der Waals surface area (Å²) in [5.41, 5.74) is 1.92. The Morgan fingerprint density at radius 1 is 1.05 bits per heavy atom.